The minimum Gasteiger partial charge on any atom is -0.465 e. The second kappa shape index (κ2) is 6.83. The van der Waals surface area contributed by atoms with Gasteiger partial charge in [-0.1, -0.05) is 13.8 Å². The first-order valence-corrected chi connectivity index (χ1v) is 5.06. The van der Waals surface area contributed by atoms with Gasteiger partial charge < -0.3 is 15.7 Å². The van der Waals surface area contributed by atoms with Crippen LogP contribution in [-0.4, -0.2) is 35.3 Å². The van der Waals surface area contributed by atoms with Crippen LogP contribution in [0.3, 0.4) is 0 Å². The summed E-state index contributed by atoms with van der Waals surface area (Å²) >= 11 is 4.74. The molecule has 2 amide bonds. The van der Waals surface area contributed by atoms with Gasteiger partial charge in [-0.2, -0.15) is 0 Å². The monoisotopic (exact) mass is 248 g/mol. The molecule has 7 nitrogen and oxygen atoms in total. The Kier molecular flexibility index (Phi) is 6.16. The van der Waals surface area contributed by atoms with Crippen molar-refractivity contribution in [2.75, 3.05) is 7.05 Å². The normalized spacial score (nSPS) is 11.5. The first kappa shape index (κ1) is 14.4. The maximum atomic E-state index is 11.6. The molecular weight excluding hydrogens is 232 g/mol. The molecule has 0 radical (unpaired) electrons. The third kappa shape index (κ3) is 5.35. The lowest BCUT2D eigenvalue weighted by molar-refractivity contribution is -0.124. The van der Waals surface area contributed by atoms with E-state index in [1.165, 1.54) is 0 Å². The Morgan fingerprint density at radius 1 is 1.25 bits per heavy atom. The summed E-state index contributed by atoms with van der Waals surface area (Å²) < 4.78 is 0. The van der Waals surface area contributed by atoms with Crippen LogP contribution in [0.25, 0.3) is 0 Å². The van der Waals surface area contributed by atoms with Gasteiger partial charge in [-0.25, -0.2) is 4.79 Å². The molecule has 0 saturated carbocycles. The van der Waals surface area contributed by atoms with Crippen molar-refractivity contribution >= 4 is 29.3 Å². The summed E-state index contributed by atoms with van der Waals surface area (Å²) in [6.45, 7) is 3.47. The third-order valence-electron chi connectivity index (χ3n) is 1.75. The Balaban J connectivity index is 4.28. The largest absolute Gasteiger partial charge is 0.465 e. The molecule has 0 heterocycles. The van der Waals surface area contributed by atoms with Crippen molar-refractivity contribution in [1.29, 1.82) is 0 Å². The van der Waals surface area contributed by atoms with Gasteiger partial charge in [0.25, 0.3) is 5.91 Å². The molecule has 8 heteroatoms. The first-order chi connectivity index (χ1) is 7.38. The number of hydrogen-bond donors (Lipinski definition) is 5. The zero-order chi connectivity index (χ0) is 12.7. The number of nitrogens with one attached hydrogen (secondary N) is 4. The molecule has 0 spiro atoms. The Hall–Kier alpha value is -1.57. The number of carboxylic acid groups (broad SMARTS) is 1. The molecule has 0 aliphatic carbocycles. The van der Waals surface area contributed by atoms with E-state index < -0.39 is 18.0 Å². The highest BCUT2D eigenvalue weighted by Crippen LogP contribution is 2.00. The summed E-state index contributed by atoms with van der Waals surface area (Å²) in [7, 11) is 1.59. The highest BCUT2D eigenvalue weighted by molar-refractivity contribution is 7.80. The van der Waals surface area contributed by atoms with Gasteiger partial charge in [0.1, 0.15) is 6.04 Å². The van der Waals surface area contributed by atoms with Crippen LogP contribution in [-0.2, 0) is 4.79 Å². The van der Waals surface area contributed by atoms with E-state index in [2.05, 4.69) is 21.5 Å². The number of amides is 2. The molecular formula is C8H16N4O3S. The van der Waals surface area contributed by atoms with Crippen LogP contribution in [0, 0.1) is 5.92 Å². The molecule has 0 aromatic rings. The highest BCUT2D eigenvalue weighted by Gasteiger charge is 2.23. The van der Waals surface area contributed by atoms with E-state index in [0.29, 0.717) is 0 Å². The van der Waals surface area contributed by atoms with Gasteiger partial charge in [-0.3, -0.25) is 15.6 Å². The number of thiocarbonyl (C=S) groups is 1. The number of carbonyl (C=O) groups is 2. The second-order valence-electron chi connectivity index (χ2n) is 3.36. The quantitative estimate of drug-likeness (QED) is 0.338. The Labute approximate surface area is 98.9 Å². The summed E-state index contributed by atoms with van der Waals surface area (Å²) in [5.74, 6) is -0.656. The minimum atomic E-state index is -1.25. The summed E-state index contributed by atoms with van der Waals surface area (Å²) in [4.78, 5) is 22.0. The fraction of sp³-hybridized carbons (Fsp3) is 0.625. The van der Waals surface area contributed by atoms with Gasteiger partial charge in [0.05, 0.1) is 0 Å². The molecule has 0 aromatic heterocycles. The van der Waals surface area contributed by atoms with Gasteiger partial charge in [-0.05, 0) is 18.1 Å². The standard InChI is InChI=1S/C8H16N4O3S/c1-4(2)5(10-8(14)15)6(13)11-12-7(16)9-3/h4-5,10H,1-3H3,(H,11,13)(H,14,15)(H2,9,12,16). The summed E-state index contributed by atoms with van der Waals surface area (Å²) in [5, 5.41) is 13.5. The highest BCUT2D eigenvalue weighted by atomic mass is 32.1. The fourth-order valence-corrected chi connectivity index (χ4v) is 0.978. The van der Waals surface area contributed by atoms with Gasteiger partial charge in [0.15, 0.2) is 5.11 Å². The van der Waals surface area contributed by atoms with Crippen LogP contribution in [0.1, 0.15) is 13.8 Å². The van der Waals surface area contributed by atoms with E-state index in [-0.39, 0.29) is 11.0 Å². The van der Waals surface area contributed by atoms with Crippen LogP contribution >= 0.6 is 12.2 Å². The van der Waals surface area contributed by atoms with E-state index in [4.69, 9.17) is 17.3 Å². The summed E-state index contributed by atoms with van der Waals surface area (Å²) in [6, 6.07) is -0.829. The smallest absolute Gasteiger partial charge is 0.405 e. The second-order valence-corrected chi connectivity index (χ2v) is 3.77. The topological polar surface area (TPSA) is 102 Å². The molecule has 0 bridgehead atoms. The molecule has 92 valence electrons. The van der Waals surface area contributed by atoms with Crippen LogP contribution < -0.4 is 21.5 Å². The van der Waals surface area contributed by atoms with E-state index in [0.717, 1.165) is 0 Å². The number of carbonyl (C=O) groups excluding carboxylic acids is 1. The van der Waals surface area contributed by atoms with Crippen LogP contribution in [0.2, 0.25) is 0 Å². The van der Waals surface area contributed by atoms with Crippen molar-refractivity contribution in [3.05, 3.63) is 0 Å². The van der Waals surface area contributed by atoms with Crippen LogP contribution in [0.15, 0.2) is 0 Å². The maximum Gasteiger partial charge on any atom is 0.405 e. The predicted molar refractivity (Wildman–Crippen MR) is 62.7 cm³/mol. The Bertz CT molecular complexity index is 282. The molecule has 0 rings (SSSR count). The molecule has 0 aromatic carbocycles. The average molecular weight is 248 g/mol. The van der Waals surface area contributed by atoms with E-state index >= 15 is 0 Å². The van der Waals surface area contributed by atoms with Crippen LogP contribution in [0.4, 0.5) is 4.79 Å². The number of hydrogen-bond acceptors (Lipinski definition) is 3. The van der Waals surface area contributed by atoms with Gasteiger partial charge >= 0.3 is 6.09 Å². The molecule has 0 aliphatic heterocycles. The lowest BCUT2D eigenvalue weighted by atomic mass is 10.0. The fourth-order valence-electron chi connectivity index (χ4n) is 0.927. The Morgan fingerprint density at radius 3 is 2.19 bits per heavy atom. The molecule has 1 unspecified atom stereocenters. The molecule has 1 atom stereocenters. The zero-order valence-corrected chi connectivity index (χ0v) is 10.1. The molecule has 16 heavy (non-hydrogen) atoms. The molecule has 0 aliphatic rings. The van der Waals surface area contributed by atoms with Crippen molar-refractivity contribution in [2.45, 2.75) is 19.9 Å². The summed E-state index contributed by atoms with van der Waals surface area (Å²) in [6.07, 6.45) is -1.25. The average Bonchev–Trinajstić information content (AvgIpc) is 2.21. The van der Waals surface area contributed by atoms with Crippen molar-refractivity contribution in [1.82, 2.24) is 21.5 Å². The Morgan fingerprint density at radius 2 is 1.81 bits per heavy atom. The summed E-state index contributed by atoms with van der Waals surface area (Å²) in [5.41, 5.74) is 4.73. The first-order valence-electron chi connectivity index (χ1n) is 4.65. The molecule has 0 fully saturated rings. The van der Waals surface area contributed by atoms with E-state index in [1.54, 1.807) is 20.9 Å². The molecule has 5 N–H and O–H groups in total. The number of hydrazine groups is 1. The number of rotatable bonds is 3. The third-order valence-corrected chi connectivity index (χ3v) is 2.06. The SMILES string of the molecule is CNC(=S)NNC(=O)C(NC(=O)O)C(C)C. The predicted octanol–water partition coefficient (Wildman–Crippen LogP) is -0.596. The van der Waals surface area contributed by atoms with Gasteiger partial charge in [0, 0.05) is 7.05 Å². The lowest BCUT2D eigenvalue weighted by Gasteiger charge is -2.20. The maximum absolute atomic E-state index is 11.6. The zero-order valence-electron chi connectivity index (χ0n) is 9.33. The van der Waals surface area contributed by atoms with Crippen LogP contribution in [0.5, 0.6) is 0 Å². The minimum absolute atomic E-state index is 0.166. The van der Waals surface area contributed by atoms with Crippen molar-refractivity contribution in [2.24, 2.45) is 5.92 Å². The van der Waals surface area contributed by atoms with Gasteiger partial charge in [-0.15, -0.1) is 0 Å². The molecule has 0 saturated heterocycles. The van der Waals surface area contributed by atoms with Crippen molar-refractivity contribution in [3.63, 3.8) is 0 Å². The van der Waals surface area contributed by atoms with E-state index in [1.807, 2.05) is 0 Å². The van der Waals surface area contributed by atoms with Crippen molar-refractivity contribution in [3.8, 4) is 0 Å². The van der Waals surface area contributed by atoms with Crippen molar-refractivity contribution < 1.29 is 14.7 Å². The van der Waals surface area contributed by atoms with Gasteiger partial charge in [0.2, 0.25) is 0 Å². The van der Waals surface area contributed by atoms with E-state index in [9.17, 15) is 9.59 Å². The lowest BCUT2D eigenvalue weighted by Crippen LogP contribution is -2.55.